The van der Waals surface area contributed by atoms with Crippen LogP contribution in [0.4, 0.5) is 11.9 Å². The zero-order valence-corrected chi connectivity index (χ0v) is 12.0. The Balaban J connectivity index is 1.99. The van der Waals surface area contributed by atoms with Crippen LogP contribution in [0.15, 0.2) is 36.4 Å². The summed E-state index contributed by atoms with van der Waals surface area (Å²) in [5.41, 5.74) is 3.50. The van der Waals surface area contributed by atoms with Crippen molar-refractivity contribution in [2.75, 3.05) is 31.0 Å². The van der Waals surface area contributed by atoms with Crippen LogP contribution < -0.4 is 20.9 Å². The van der Waals surface area contributed by atoms with Crippen molar-refractivity contribution in [1.29, 1.82) is 0 Å². The highest BCUT2D eigenvalue weighted by atomic mass is 16.5. The van der Waals surface area contributed by atoms with E-state index in [9.17, 15) is 0 Å². The molecule has 0 aliphatic carbocycles. The molecule has 0 aliphatic heterocycles. The van der Waals surface area contributed by atoms with Crippen LogP contribution in [-0.2, 0) is 0 Å². The van der Waals surface area contributed by atoms with Gasteiger partial charge in [0, 0.05) is 14.1 Å². The van der Waals surface area contributed by atoms with E-state index >= 15 is 0 Å². The van der Waals surface area contributed by atoms with Gasteiger partial charge in [-0.05, 0) is 11.6 Å². The number of hydrogen-bond acceptors (Lipinski definition) is 7. The molecule has 7 nitrogen and oxygen atoms in total. The Hall–Kier alpha value is -2.67. The van der Waals surface area contributed by atoms with Crippen molar-refractivity contribution in [2.45, 2.75) is 0 Å². The van der Waals surface area contributed by atoms with Gasteiger partial charge in [0.1, 0.15) is 6.61 Å². The molecular weight excluding hydrogens is 268 g/mol. The minimum absolute atomic E-state index is 0.222. The van der Waals surface area contributed by atoms with E-state index in [1.807, 2.05) is 56.6 Å². The van der Waals surface area contributed by atoms with Gasteiger partial charge in [-0.3, -0.25) is 5.43 Å². The number of rotatable bonds is 6. The van der Waals surface area contributed by atoms with Crippen molar-refractivity contribution >= 4 is 18.0 Å². The van der Waals surface area contributed by atoms with E-state index in [0.29, 0.717) is 12.6 Å². The summed E-state index contributed by atoms with van der Waals surface area (Å²) in [6.07, 6.45) is 3.86. The second-order valence-electron chi connectivity index (χ2n) is 4.40. The first-order valence-electron chi connectivity index (χ1n) is 6.43. The number of anilines is 2. The third-order valence-electron chi connectivity index (χ3n) is 2.55. The summed E-state index contributed by atoms with van der Waals surface area (Å²) in [5, 5.41) is 0. The fraction of sp³-hybridized carbons (Fsp3) is 0.214. The topological polar surface area (TPSA) is 89.2 Å². The van der Waals surface area contributed by atoms with Gasteiger partial charge in [0.05, 0.1) is 0 Å². The summed E-state index contributed by atoms with van der Waals surface area (Å²) in [5.74, 6) is 6.06. The average molecular weight is 286 g/mol. The third-order valence-corrected chi connectivity index (χ3v) is 2.55. The van der Waals surface area contributed by atoms with E-state index in [1.54, 1.807) is 4.90 Å². The first-order chi connectivity index (χ1) is 10.2. The summed E-state index contributed by atoms with van der Waals surface area (Å²) in [4.78, 5) is 14.1. The van der Waals surface area contributed by atoms with Crippen LogP contribution in [0.5, 0.6) is 6.01 Å². The van der Waals surface area contributed by atoms with Crippen molar-refractivity contribution in [1.82, 2.24) is 15.0 Å². The van der Waals surface area contributed by atoms with E-state index in [-0.39, 0.29) is 12.0 Å². The van der Waals surface area contributed by atoms with Crippen molar-refractivity contribution in [3.63, 3.8) is 0 Å². The Kier molecular flexibility index (Phi) is 5.05. The van der Waals surface area contributed by atoms with Gasteiger partial charge in [0.25, 0.3) is 0 Å². The van der Waals surface area contributed by atoms with Gasteiger partial charge < -0.3 is 9.64 Å². The van der Waals surface area contributed by atoms with Crippen molar-refractivity contribution < 1.29 is 4.74 Å². The van der Waals surface area contributed by atoms with Gasteiger partial charge in [-0.1, -0.05) is 36.4 Å². The van der Waals surface area contributed by atoms with Gasteiger partial charge in [0.2, 0.25) is 11.9 Å². The van der Waals surface area contributed by atoms with Crippen molar-refractivity contribution in [3.8, 4) is 6.01 Å². The number of hydrazine groups is 1. The van der Waals surface area contributed by atoms with Crippen LogP contribution >= 0.6 is 0 Å². The summed E-state index contributed by atoms with van der Waals surface area (Å²) >= 11 is 0. The molecule has 0 saturated carbocycles. The minimum Gasteiger partial charge on any atom is -0.459 e. The lowest BCUT2D eigenvalue weighted by Gasteiger charge is -2.12. The molecule has 1 aromatic heterocycles. The number of nitrogens with one attached hydrogen (secondary N) is 1. The Bertz CT molecular complexity index is 600. The molecule has 0 spiro atoms. The maximum Gasteiger partial charge on any atom is 0.323 e. The van der Waals surface area contributed by atoms with Gasteiger partial charge in [-0.2, -0.15) is 15.0 Å². The molecule has 110 valence electrons. The lowest BCUT2D eigenvalue weighted by Crippen LogP contribution is -2.18. The molecule has 2 rings (SSSR count). The monoisotopic (exact) mass is 286 g/mol. The second-order valence-corrected chi connectivity index (χ2v) is 4.40. The normalized spacial score (nSPS) is 10.6. The maximum atomic E-state index is 5.49. The highest BCUT2D eigenvalue weighted by Gasteiger charge is 2.07. The zero-order valence-electron chi connectivity index (χ0n) is 12.0. The molecular formula is C14H18N6O. The molecule has 0 fully saturated rings. The number of nitrogens with zero attached hydrogens (tertiary/aromatic N) is 4. The largest absolute Gasteiger partial charge is 0.459 e. The maximum absolute atomic E-state index is 5.49. The van der Waals surface area contributed by atoms with E-state index in [2.05, 4.69) is 20.4 Å². The summed E-state index contributed by atoms with van der Waals surface area (Å²) in [6.45, 7) is 0.357. The van der Waals surface area contributed by atoms with Gasteiger partial charge in [-0.25, -0.2) is 5.84 Å². The van der Waals surface area contributed by atoms with E-state index in [0.717, 1.165) is 5.56 Å². The molecule has 21 heavy (non-hydrogen) atoms. The summed E-state index contributed by atoms with van der Waals surface area (Å²) in [6, 6.07) is 10.2. The molecule has 0 atom stereocenters. The predicted molar refractivity (Wildman–Crippen MR) is 82.9 cm³/mol. The van der Waals surface area contributed by atoms with Crippen LogP contribution in [0.25, 0.3) is 6.08 Å². The van der Waals surface area contributed by atoms with E-state index in [1.165, 1.54) is 0 Å². The standard InChI is InChI=1S/C14H18N6O/c1-20(2)13-16-12(19-15)17-14(18-13)21-10-6-9-11-7-4-3-5-8-11/h3-9H,10,15H2,1-2H3,(H,16,17,18,19)/b9-6+. The quantitative estimate of drug-likeness (QED) is 0.611. The number of aromatic nitrogens is 3. The number of nitrogens with two attached hydrogens (primary N) is 1. The summed E-state index contributed by atoms with van der Waals surface area (Å²) < 4.78 is 5.49. The first-order valence-corrected chi connectivity index (χ1v) is 6.43. The zero-order chi connectivity index (χ0) is 15.1. The van der Waals surface area contributed by atoms with Gasteiger partial charge >= 0.3 is 6.01 Å². The molecule has 0 aliphatic rings. The molecule has 0 unspecified atom stereocenters. The van der Waals surface area contributed by atoms with Crippen LogP contribution in [-0.4, -0.2) is 35.7 Å². The molecule has 0 amide bonds. The SMILES string of the molecule is CN(C)c1nc(NN)nc(OC/C=C/c2ccccc2)n1. The molecule has 7 heteroatoms. The number of nitrogen functional groups attached to an aromatic ring is 1. The number of ether oxygens (including phenoxy) is 1. The predicted octanol–water partition coefficient (Wildman–Crippen LogP) is 1.32. The fourth-order valence-corrected chi connectivity index (χ4v) is 1.55. The van der Waals surface area contributed by atoms with Crippen molar-refractivity contribution in [2.24, 2.45) is 5.84 Å². The van der Waals surface area contributed by atoms with E-state index < -0.39 is 0 Å². The molecule has 0 radical (unpaired) electrons. The van der Waals surface area contributed by atoms with Gasteiger partial charge in [0.15, 0.2) is 0 Å². The molecule has 2 aromatic rings. The Morgan fingerprint density at radius 1 is 1.19 bits per heavy atom. The molecule has 1 heterocycles. The molecule has 0 bridgehead atoms. The Morgan fingerprint density at radius 2 is 1.95 bits per heavy atom. The van der Waals surface area contributed by atoms with E-state index in [4.69, 9.17) is 10.6 Å². The molecule has 0 saturated heterocycles. The smallest absolute Gasteiger partial charge is 0.323 e. The third kappa shape index (κ3) is 4.43. The van der Waals surface area contributed by atoms with Crippen LogP contribution in [0, 0.1) is 0 Å². The minimum atomic E-state index is 0.222. The van der Waals surface area contributed by atoms with Crippen LogP contribution in [0.2, 0.25) is 0 Å². The molecule has 1 aromatic carbocycles. The number of hydrogen-bond donors (Lipinski definition) is 2. The highest BCUT2D eigenvalue weighted by molar-refractivity contribution is 5.48. The Morgan fingerprint density at radius 3 is 2.62 bits per heavy atom. The average Bonchev–Trinajstić information content (AvgIpc) is 2.52. The lowest BCUT2D eigenvalue weighted by molar-refractivity contribution is 0.333. The fourth-order valence-electron chi connectivity index (χ4n) is 1.55. The van der Waals surface area contributed by atoms with Gasteiger partial charge in [-0.15, -0.1) is 0 Å². The number of benzene rings is 1. The van der Waals surface area contributed by atoms with Crippen LogP contribution in [0.3, 0.4) is 0 Å². The van der Waals surface area contributed by atoms with Crippen LogP contribution in [0.1, 0.15) is 5.56 Å². The van der Waals surface area contributed by atoms with Crippen molar-refractivity contribution in [3.05, 3.63) is 42.0 Å². The Labute approximate surface area is 123 Å². The lowest BCUT2D eigenvalue weighted by atomic mass is 10.2. The first kappa shape index (κ1) is 14.7. The second kappa shape index (κ2) is 7.20. The molecule has 3 N–H and O–H groups in total. The summed E-state index contributed by atoms with van der Waals surface area (Å²) in [7, 11) is 3.66. The highest BCUT2D eigenvalue weighted by Crippen LogP contribution is 2.12.